The molecular formula is C18H22FN3O2. The van der Waals surface area contributed by atoms with Crippen molar-refractivity contribution in [2.24, 2.45) is 0 Å². The van der Waals surface area contributed by atoms with Gasteiger partial charge in [0.1, 0.15) is 17.3 Å². The molecule has 0 aliphatic heterocycles. The number of aryl methyl sites for hydroxylation is 1. The van der Waals surface area contributed by atoms with Crippen LogP contribution in [0.5, 0.6) is 0 Å². The number of rotatable bonds is 4. The molecule has 6 heteroatoms. The van der Waals surface area contributed by atoms with E-state index in [1.165, 1.54) is 6.07 Å². The van der Waals surface area contributed by atoms with Crippen LogP contribution in [0.15, 0.2) is 34.9 Å². The summed E-state index contributed by atoms with van der Waals surface area (Å²) in [5, 5.41) is 6.95. The lowest BCUT2D eigenvalue weighted by Gasteiger charge is -2.20. The highest BCUT2D eigenvalue weighted by Crippen LogP contribution is 2.34. The number of carbonyl (C=O) groups excluding carboxylic acids is 1. The Bertz CT molecular complexity index is 716. The monoisotopic (exact) mass is 331 g/mol. The molecule has 0 bridgehead atoms. The molecule has 3 rings (SSSR count). The van der Waals surface area contributed by atoms with E-state index in [9.17, 15) is 9.18 Å². The van der Waals surface area contributed by atoms with Crippen LogP contribution in [0.3, 0.4) is 0 Å². The van der Waals surface area contributed by atoms with E-state index in [-0.39, 0.29) is 17.9 Å². The fourth-order valence-corrected chi connectivity index (χ4v) is 3.27. The van der Waals surface area contributed by atoms with Gasteiger partial charge in [-0.1, -0.05) is 17.3 Å². The summed E-state index contributed by atoms with van der Waals surface area (Å²) in [6.07, 6.45) is 2.70. The smallest absolute Gasteiger partial charge is 0.317 e. The van der Waals surface area contributed by atoms with E-state index in [1.807, 2.05) is 19.1 Å². The average molecular weight is 331 g/mol. The van der Waals surface area contributed by atoms with Gasteiger partial charge in [-0.05, 0) is 49.8 Å². The third kappa shape index (κ3) is 3.93. The number of carbonyl (C=O) groups is 1. The second-order valence-corrected chi connectivity index (χ2v) is 6.50. The second kappa shape index (κ2) is 7.03. The summed E-state index contributed by atoms with van der Waals surface area (Å²) in [5.41, 5.74) is 1.74. The minimum atomic E-state index is -0.206. The van der Waals surface area contributed by atoms with E-state index >= 15 is 0 Å². The summed E-state index contributed by atoms with van der Waals surface area (Å²) in [6.45, 7) is 2.23. The molecule has 5 nitrogen and oxygen atoms in total. The number of urea groups is 1. The highest BCUT2D eigenvalue weighted by Gasteiger charge is 2.28. The fraction of sp³-hybridized carbons (Fsp3) is 0.444. The van der Waals surface area contributed by atoms with Crippen molar-refractivity contribution in [2.75, 3.05) is 7.05 Å². The lowest BCUT2D eigenvalue weighted by atomic mass is 9.97. The first-order valence-corrected chi connectivity index (χ1v) is 8.20. The predicted octanol–water partition coefficient (Wildman–Crippen LogP) is 3.60. The molecule has 2 amide bonds. The maximum Gasteiger partial charge on any atom is 0.317 e. The van der Waals surface area contributed by atoms with Crippen molar-refractivity contribution in [1.82, 2.24) is 15.4 Å². The van der Waals surface area contributed by atoms with Gasteiger partial charge < -0.3 is 14.7 Å². The van der Waals surface area contributed by atoms with E-state index < -0.39 is 0 Å². The maximum absolute atomic E-state index is 13.4. The molecule has 1 aromatic carbocycles. The topological polar surface area (TPSA) is 58.4 Å². The van der Waals surface area contributed by atoms with Gasteiger partial charge in [0.25, 0.3) is 0 Å². The molecule has 1 saturated carbocycles. The van der Waals surface area contributed by atoms with Gasteiger partial charge in [0, 0.05) is 19.2 Å². The molecule has 0 spiro atoms. The number of hydrogen-bond acceptors (Lipinski definition) is 3. The molecular weight excluding hydrogens is 309 g/mol. The van der Waals surface area contributed by atoms with E-state index in [0.29, 0.717) is 12.5 Å². The first kappa shape index (κ1) is 16.5. The number of nitrogens with one attached hydrogen (secondary N) is 1. The molecule has 24 heavy (non-hydrogen) atoms. The first-order valence-electron chi connectivity index (χ1n) is 8.20. The first-order chi connectivity index (χ1) is 11.5. The van der Waals surface area contributed by atoms with Crippen molar-refractivity contribution in [3.05, 3.63) is 53.2 Å². The minimum absolute atomic E-state index is 0.118. The highest BCUT2D eigenvalue weighted by molar-refractivity contribution is 5.74. The van der Waals surface area contributed by atoms with Crippen LogP contribution in [-0.4, -0.2) is 29.2 Å². The van der Waals surface area contributed by atoms with Crippen LogP contribution in [0.4, 0.5) is 9.18 Å². The third-order valence-corrected chi connectivity index (χ3v) is 4.50. The highest BCUT2D eigenvalue weighted by atomic mass is 19.1. The van der Waals surface area contributed by atoms with E-state index in [1.54, 1.807) is 24.1 Å². The van der Waals surface area contributed by atoms with E-state index in [4.69, 9.17) is 4.52 Å². The molecule has 2 aromatic rings. The van der Waals surface area contributed by atoms with Crippen LogP contribution in [0.1, 0.15) is 42.2 Å². The molecule has 0 radical (unpaired) electrons. The SMILES string of the molecule is Cc1cc(CN(C)C(=O)N[C@@H]2CC[C@@H](c3cccc(F)c3)C2)no1. The van der Waals surface area contributed by atoms with Crippen LogP contribution in [0.25, 0.3) is 0 Å². The molecule has 1 heterocycles. The van der Waals surface area contributed by atoms with Crippen LogP contribution >= 0.6 is 0 Å². The molecule has 1 fully saturated rings. The average Bonchev–Trinajstić information content (AvgIpc) is 3.16. The molecule has 1 N–H and O–H groups in total. The number of hydrogen-bond donors (Lipinski definition) is 1. The van der Waals surface area contributed by atoms with Gasteiger partial charge in [0.15, 0.2) is 0 Å². The van der Waals surface area contributed by atoms with Gasteiger partial charge in [0.05, 0.1) is 6.54 Å². The standard InChI is InChI=1S/C18H22FN3O2/c1-12-8-17(21-24-12)11-22(2)18(23)20-16-7-6-14(10-16)13-4-3-5-15(19)9-13/h3-5,8-9,14,16H,6-7,10-11H2,1-2H3,(H,20,23)/t14-,16-/m1/s1. The molecule has 2 atom stereocenters. The van der Waals surface area contributed by atoms with Crippen molar-refractivity contribution < 1.29 is 13.7 Å². The molecule has 1 aromatic heterocycles. The van der Waals surface area contributed by atoms with Crippen molar-refractivity contribution in [2.45, 2.75) is 44.7 Å². The van der Waals surface area contributed by atoms with Crippen molar-refractivity contribution >= 4 is 6.03 Å². The second-order valence-electron chi connectivity index (χ2n) is 6.50. The van der Waals surface area contributed by atoms with Gasteiger partial charge in [-0.3, -0.25) is 0 Å². The van der Waals surface area contributed by atoms with Crippen molar-refractivity contribution in [3.8, 4) is 0 Å². The Morgan fingerprint density at radius 1 is 1.42 bits per heavy atom. The number of amides is 2. The largest absolute Gasteiger partial charge is 0.361 e. The van der Waals surface area contributed by atoms with Gasteiger partial charge >= 0.3 is 6.03 Å². The lowest BCUT2D eigenvalue weighted by molar-refractivity contribution is 0.201. The molecule has 0 saturated heterocycles. The molecule has 1 aliphatic carbocycles. The Morgan fingerprint density at radius 2 is 2.25 bits per heavy atom. The summed E-state index contributed by atoms with van der Waals surface area (Å²) in [6, 6.07) is 8.56. The number of benzene rings is 1. The number of nitrogens with zero attached hydrogens (tertiary/aromatic N) is 2. The van der Waals surface area contributed by atoms with E-state index in [0.717, 1.165) is 36.3 Å². The Morgan fingerprint density at radius 3 is 2.96 bits per heavy atom. The fourth-order valence-electron chi connectivity index (χ4n) is 3.27. The van der Waals surface area contributed by atoms with Crippen LogP contribution in [-0.2, 0) is 6.54 Å². The van der Waals surface area contributed by atoms with E-state index in [2.05, 4.69) is 10.5 Å². The Kier molecular flexibility index (Phi) is 4.83. The zero-order valence-corrected chi connectivity index (χ0v) is 14.0. The predicted molar refractivity (Wildman–Crippen MR) is 88.0 cm³/mol. The number of aromatic nitrogens is 1. The van der Waals surface area contributed by atoms with Crippen molar-refractivity contribution in [3.63, 3.8) is 0 Å². The zero-order chi connectivity index (χ0) is 17.1. The summed E-state index contributed by atoms with van der Waals surface area (Å²) >= 11 is 0. The normalized spacial score (nSPS) is 20.1. The summed E-state index contributed by atoms with van der Waals surface area (Å²) in [5.74, 6) is 0.824. The quantitative estimate of drug-likeness (QED) is 0.931. The van der Waals surface area contributed by atoms with Gasteiger partial charge in [-0.15, -0.1) is 0 Å². The number of halogens is 1. The van der Waals surface area contributed by atoms with Crippen LogP contribution in [0.2, 0.25) is 0 Å². The minimum Gasteiger partial charge on any atom is -0.361 e. The summed E-state index contributed by atoms with van der Waals surface area (Å²) in [7, 11) is 1.73. The maximum atomic E-state index is 13.4. The van der Waals surface area contributed by atoms with Gasteiger partial charge in [-0.2, -0.15) is 0 Å². The Hall–Kier alpha value is -2.37. The van der Waals surface area contributed by atoms with Crippen LogP contribution < -0.4 is 5.32 Å². The van der Waals surface area contributed by atoms with Crippen molar-refractivity contribution in [1.29, 1.82) is 0 Å². The van der Waals surface area contributed by atoms with Gasteiger partial charge in [0.2, 0.25) is 0 Å². The summed E-state index contributed by atoms with van der Waals surface area (Å²) < 4.78 is 18.4. The molecule has 1 aliphatic rings. The Balaban J connectivity index is 1.52. The Labute approximate surface area is 140 Å². The zero-order valence-electron chi connectivity index (χ0n) is 14.0. The third-order valence-electron chi connectivity index (χ3n) is 4.50. The molecule has 0 unspecified atom stereocenters. The van der Waals surface area contributed by atoms with Gasteiger partial charge in [-0.25, -0.2) is 9.18 Å². The molecule has 128 valence electrons. The van der Waals surface area contributed by atoms with Crippen LogP contribution in [0, 0.1) is 12.7 Å². The lowest BCUT2D eigenvalue weighted by Crippen LogP contribution is -2.41. The summed E-state index contributed by atoms with van der Waals surface area (Å²) in [4.78, 5) is 13.9.